The van der Waals surface area contributed by atoms with Crippen molar-refractivity contribution < 1.29 is 9.52 Å². The molecule has 0 saturated heterocycles. The third-order valence-electron chi connectivity index (χ3n) is 1.85. The molecule has 4 heteroatoms. The minimum absolute atomic E-state index is 0.0659. The predicted molar refractivity (Wildman–Crippen MR) is 50.6 cm³/mol. The zero-order valence-electron chi connectivity index (χ0n) is 7.27. The van der Waals surface area contributed by atoms with Crippen molar-refractivity contribution in [1.82, 2.24) is 0 Å². The Kier molecular flexibility index (Phi) is 2.02. The van der Waals surface area contributed by atoms with Gasteiger partial charge in [-0.25, -0.2) is 5.53 Å². The summed E-state index contributed by atoms with van der Waals surface area (Å²) in [6.45, 7) is 0. The van der Waals surface area contributed by atoms with Crippen molar-refractivity contribution >= 4 is 5.88 Å². The minimum atomic E-state index is -0.112. The zero-order valence-corrected chi connectivity index (χ0v) is 7.27. The molecule has 2 rings (SSSR count). The third-order valence-corrected chi connectivity index (χ3v) is 1.85. The summed E-state index contributed by atoms with van der Waals surface area (Å²) >= 11 is 0. The van der Waals surface area contributed by atoms with Crippen molar-refractivity contribution in [2.45, 2.75) is 0 Å². The van der Waals surface area contributed by atoms with E-state index in [4.69, 9.17) is 9.95 Å². The molecule has 1 aromatic heterocycles. The molecule has 70 valence electrons. The number of nitrogens with zero attached hydrogens (tertiary/aromatic N) is 1. The molecule has 0 radical (unpaired) electrons. The lowest BCUT2D eigenvalue weighted by atomic mass is 10.2. The lowest BCUT2D eigenvalue weighted by Crippen LogP contribution is -1.69. The van der Waals surface area contributed by atoms with Crippen molar-refractivity contribution in [2.24, 2.45) is 5.11 Å². The summed E-state index contributed by atoms with van der Waals surface area (Å²) < 4.78 is 5.15. The first-order valence-corrected chi connectivity index (χ1v) is 4.07. The van der Waals surface area contributed by atoms with E-state index < -0.39 is 0 Å². The van der Waals surface area contributed by atoms with Gasteiger partial charge in [-0.3, -0.25) is 0 Å². The van der Waals surface area contributed by atoms with Crippen LogP contribution in [0.4, 0.5) is 5.88 Å². The van der Waals surface area contributed by atoms with Crippen LogP contribution in [0.2, 0.25) is 0 Å². The number of benzene rings is 1. The second kappa shape index (κ2) is 3.33. The van der Waals surface area contributed by atoms with E-state index in [1.807, 2.05) is 30.3 Å². The second-order valence-electron chi connectivity index (χ2n) is 2.78. The van der Waals surface area contributed by atoms with Gasteiger partial charge < -0.3 is 9.52 Å². The van der Waals surface area contributed by atoms with Gasteiger partial charge in [0.15, 0.2) is 5.75 Å². The van der Waals surface area contributed by atoms with E-state index in [0.29, 0.717) is 5.76 Å². The van der Waals surface area contributed by atoms with Crippen LogP contribution >= 0.6 is 0 Å². The van der Waals surface area contributed by atoms with E-state index >= 15 is 0 Å². The molecule has 4 nitrogen and oxygen atoms in total. The molecule has 0 fully saturated rings. The number of rotatable bonds is 2. The monoisotopic (exact) mass is 188 g/mol. The molecular weight excluding hydrogens is 180 g/mol. The predicted octanol–water partition coefficient (Wildman–Crippen LogP) is 3.31. The number of aromatic hydroxyl groups is 1. The van der Waals surface area contributed by atoms with Gasteiger partial charge in [-0.15, -0.1) is 5.11 Å². The fraction of sp³-hybridized carbons (Fsp3) is 0. The van der Waals surface area contributed by atoms with Gasteiger partial charge in [0.2, 0.25) is 0 Å². The number of furan rings is 1. The Hall–Kier alpha value is -2.10. The summed E-state index contributed by atoms with van der Waals surface area (Å²) in [4.78, 5) is 0. The summed E-state index contributed by atoms with van der Waals surface area (Å²) in [5.41, 5.74) is 7.58. The van der Waals surface area contributed by atoms with Gasteiger partial charge in [0.05, 0.1) is 0 Å². The SMILES string of the molecule is N=Nc1oc(-c2ccccc2)cc1O. The van der Waals surface area contributed by atoms with Gasteiger partial charge in [0.1, 0.15) is 5.76 Å². The normalized spacial score (nSPS) is 10.0. The molecule has 0 spiro atoms. The van der Waals surface area contributed by atoms with Crippen LogP contribution in [0.5, 0.6) is 5.75 Å². The standard InChI is InChI=1S/C10H8N2O2/c11-12-10-8(13)6-9(14-10)7-4-2-1-3-5-7/h1-6,11,13H. The van der Waals surface area contributed by atoms with E-state index in [-0.39, 0.29) is 11.6 Å². The lowest BCUT2D eigenvalue weighted by Gasteiger charge is -1.92. The maximum absolute atomic E-state index is 9.29. The van der Waals surface area contributed by atoms with Gasteiger partial charge in [-0.1, -0.05) is 30.3 Å². The number of hydrogen-bond donors (Lipinski definition) is 2. The van der Waals surface area contributed by atoms with Gasteiger partial charge in [0.25, 0.3) is 5.88 Å². The summed E-state index contributed by atoms with van der Waals surface area (Å²) in [7, 11) is 0. The molecule has 14 heavy (non-hydrogen) atoms. The number of nitrogens with one attached hydrogen (secondary N) is 1. The average molecular weight is 188 g/mol. The summed E-state index contributed by atoms with van der Waals surface area (Å²) in [5, 5.41) is 12.3. The largest absolute Gasteiger partial charge is 0.503 e. The fourth-order valence-corrected chi connectivity index (χ4v) is 1.20. The van der Waals surface area contributed by atoms with Crippen LogP contribution in [-0.4, -0.2) is 5.11 Å². The van der Waals surface area contributed by atoms with Crippen molar-refractivity contribution in [1.29, 1.82) is 5.53 Å². The highest BCUT2D eigenvalue weighted by atomic mass is 16.4. The minimum Gasteiger partial charge on any atom is -0.503 e. The highest BCUT2D eigenvalue weighted by Crippen LogP contribution is 2.35. The Labute approximate surface area is 80.3 Å². The highest BCUT2D eigenvalue weighted by molar-refractivity contribution is 5.62. The zero-order chi connectivity index (χ0) is 9.97. The van der Waals surface area contributed by atoms with Crippen LogP contribution in [-0.2, 0) is 0 Å². The molecule has 0 atom stereocenters. The smallest absolute Gasteiger partial charge is 0.280 e. The van der Waals surface area contributed by atoms with Gasteiger partial charge in [0, 0.05) is 11.6 Å². The molecule has 1 heterocycles. The van der Waals surface area contributed by atoms with Crippen molar-refractivity contribution in [3.8, 4) is 17.1 Å². The van der Waals surface area contributed by atoms with E-state index in [9.17, 15) is 5.11 Å². The van der Waals surface area contributed by atoms with Crippen molar-refractivity contribution in [3.05, 3.63) is 36.4 Å². The average Bonchev–Trinajstić information content (AvgIpc) is 2.61. The molecule has 2 aromatic rings. The maximum atomic E-state index is 9.29. The second-order valence-corrected chi connectivity index (χ2v) is 2.78. The van der Waals surface area contributed by atoms with E-state index in [1.165, 1.54) is 6.07 Å². The van der Waals surface area contributed by atoms with Crippen LogP contribution in [0, 0.1) is 5.53 Å². The molecule has 0 aliphatic heterocycles. The molecule has 1 aromatic carbocycles. The molecule has 0 aliphatic carbocycles. The Morgan fingerprint density at radius 1 is 1.21 bits per heavy atom. The van der Waals surface area contributed by atoms with Crippen LogP contribution in [0.25, 0.3) is 11.3 Å². The third kappa shape index (κ3) is 1.37. The first-order valence-electron chi connectivity index (χ1n) is 4.07. The number of hydrogen-bond acceptors (Lipinski definition) is 4. The molecule has 0 unspecified atom stereocenters. The van der Waals surface area contributed by atoms with Crippen LogP contribution in [0.15, 0.2) is 45.9 Å². The maximum Gasteiger partial charge on any atom is 0.280 e. The Bertz CT molecular complexity index is 448. The first kappa shape index (κ1) is 8.50. The molecule has 0 aliphatic rings. The topological polar surface area (TPSA) is 69.6 Å². The summed E-state index contributed by atoms with van der Waals surface area (Å²) in [6, 6.07) is 10.8. The molecule has 0 amide bonds. The first-order chi connectivity index (χ1) is 6.81. The Balaban J connectivity index is 2.48. The van der Waals surface area contributed by atoms with Crippen LogP contribution in [0.1, 0.15) is 0 Å². The fourth-order valence-electron chi connectivity index (χ4n) is 1.20. The summed E-state index contributed by atoms with van der Waals surface area (Å²) in [6.07, 6.45) is 0. The van der Waals surface area contributed by atoms with Crippen molar-refractivity contribution in [3.63, 3.8) is 0 Å². The van der Waals surface area contributed by atoms with E-state index in [0.717, 1.165) is 5.56 Å². The van der Waals surface area contributed by atoms with Crippen LogP contribution in [0.3, 0.4) is 0 Å². The molecule has 0 bridgehead atoms. The van der Waals surface area contributed by atoms with Gasteiger partial charge in [-0.05, 0) is 0 Å². The van der Waals surface area contributed by atoms with E-state index in [1.54, 1.807) is 0 Å². The van der Waals surface area contributed by atoms with Gasteiger partial charge >= 0.3 is 0 Å². The van der Waals surface area contributed by atoms with Crippen LogP contribution < -0.4 is 0 Å². The Morgan fingerprint density at radius 3 is 2.50 bits per heavy atom. The Morgan fingerprint density at radius 2 is 1.93 bits per heavy atom. The molecule has 0 saturated carbocycles. The van der Waals surface area contributed by atoms with Gasteiger partial charge in [-0.2, -0.15) is 0 Å². The highest BCUT2D eigenvalue weighted by Gasteiger charge is 2.09. The molecule has 2 N–H and O–H groups in total. The lowest BCUT2D eigenvalue weighted by molar-refractivity contribution is 0.462. The quantitative estimate of drug-likeness (QED) is 0.709. The van der Waals surface area contributed by atoms with Crippen molar-refractivity contribution in [2.75, 3.05) is 0 Å². The van der Waals surface area contributed by atoms with E-state index in [2.05, 4.69) is 5.11 Å². The molecular formula is C10H8N2O2. The summed E-state index contributed by atoms with van der Waals surface area (Å²) in [5.74, 6) is 0.330.